The molecule has 2 rings (SSSR count). The SMILES string of the molecule is CCOC(=O)c1ccc(CS(=O)(=O)NC(C)(C)C2CC2)cc1. The van der Waals surface area contributed by atoms with Crippen LogP contribution in [0.5, 0.6) is 0 Å². The Morgan fingerprint density at radius 1 is 1.27 bits per heavy atom. The van der Waals surface area contributed by atoms with Crippen molar-refractivity contribution in [2.45, 2.75) is 44.9 Å². The molecule has 0 radical (unpaired) electrons. The van der Waals surface area contributed by atoms with E-state index in [9.17, 15) is 13.2 Å². The van der Waals surface area contributed by atoms with Gasteiger partial charge in [0, 0.05) is 5.54 Å². The van der Waals surface area contributed by atoms with Crippen LogP contribution in [0, 0.1) is 5.92 Å². The van der Waals surface area contributed by atoms with Crippen LogP contribution in [-0.2, 0) is 20.5 Å². The highest BCUT2D eigenvalue weighted by atomic mass is 32.2. The predicted octanol–water partition coefficient (Wildman–Crippen LogP) is 2.47. The average Bonchev–Trinajstić information content (AvgIpc) is 3.22. The molecule has 0 bridgehead atoms. The fraction of sp³-hybridized carbons (Fsp3) is 0.562. The minimum atomic E-state index is -3.41. The minimum Gasteiger partial charge on any atom is -0.462 e. The summed E-state index contributed by atoms with van der Waals surface area (Å²) in [6, 6.07) is 6.48. The van der Waals surface area contributed by atoms with E-state index in [-0.39, 0.29) is 5.75 Å². The van der Waals surface area contributed by atoms with E-state index in [0.29, 0.717) is 23.7 Å². The van der Waals surface area contributed by atoms with Crippen molar-refractivity contribution in [3.8, 4) is 0 Å². The Bertz CT molecular complexity index is 631. The molecular formula is C16H23NO4S. The number of carbonyl (C=O) groups excluding carboxylic acids is 1. The van der Waals surface area contributed by atoms with Gasteiger partial charge < -0.3 is 4.74 Å². The summed E-state index contributed by atoms with van der Waals surface area (Å²) in [4.78, 5) is 11.6. The maximum absolute atomic E-state index is 12.3. The molecule has 1 fully saturated rings. The van der Waals surface area contributed by atoms with E-state index >= 15 is 0 Å². The number of esters is 1. The van der Waals surface area contributed by atoms with Crippen molar-refractivity contribution in [1.29, 1.82) is 0 Å². The fourth-order valence-corrected chi connectivity index (χ4v) is 4.17. The Labute approximate surface area is 132 Å². The van der Waals surface area contributed by atoms with E-state index in [2.05, 4.69) is 4.72 Å². The molecule has 6 heteroatoms. The van der Waals surface area contributed by atoms with Crippen LogP contribution in [0.1, 0.15) is 49.5 Å². The molecule has 0 heterocycles. The van der Waals surface area contributed by atoms with Gasteiger partial charge in [0.25, 0.3) is 0 Å². The monoisotopic (exact) mass is 325 g/mol. The van der Waals surface area contributed by atoms with Crippen LogP contribution < -0.4 is 4.72 Å². The maximum atomic E-state index is 12.3. The lowest BCUT2D eigenvalue weighted by molar-refractivity contribution is 0.0526. The first-order chi connectivity index (χ1) is 10.2. The first kappa shape index (κ1) is 17.0. The average molecular weight is 325 g/mol. The number of benzene rings is 1. The summed E-state index contributed by atoms with van der Waals surface area (Å²) in [6.45, 7) is 5.90. The van der Waals surface area contributed by atoms with E-state index < -0.39 is 21.5 Å². The number of rotatable bonds is 7. The van der Waals surface area contributed by atoms with E-state index in [1.54, 1.807) is 31.2 Å². The van der Waals surface area contributed by atoms with Crippen molar-refractivity contribution in [3.63, 3.8) is 0 Å². The van der Waals surface area contributed by atoms with Gasteiger partial charge in [-0.1, -0.05) is 12.1 Å². The second-order valence-electron chi connectivity index (χ2n) is 6.27. The highest BCUT2D eigenvalue weighted by molar-refractivity contribution is 7.88. The summed E-state index contributed by atoms with van der Waals surface area (Å²) in [7, 11) is -3.41. The zero-order valence-corrected chi connectivity index (χ0v) is 14.1. The first-order valence-corrected chi connectivity index (χ1v) is 9.16. The molecule has 1 saturated carbocycles. The molecule has 0 saturated heterocycles. The summed E-state index contributed by atoms with van der Waals surface area (Å²) in [5.41, 5.74) is 0.672. The number of nitrogens with one attached hydrogen (secondary N) is 1. The number of hydrogen-bond acceptors (Lipinski definition) is 4. The molecule has 1 aliphatic carbocycles. The smallest absolute Gasteiger partial charge is 0.338 e. The lowest BCUT2D eigenvalue weighted by atomic mass is 10.0. The molecule has 0 aromatic heterocycles. The van der Waals surface area contributed by atoms with Gasteiger partial charge in [-0.3, -0.25) is 0 Å². The van der Waals surface area contributed by atoms with Crippen molar-refractivity contribution in [2.75, 3.05) is 6.61 Å². The van der Waals surface area contributed by atoms with Crippen LogP contribution >= 0.6 is 0 Å². The number of carbonyl (C=O) groups is 1. The van der Waals surface area contributed by atoms with Gasteiger partial charge >= 0.3 is 5.97 Å². The zero-order valence-electron chi connectivity index (χ0n) is 13.3. The van der Waals surface area contributed by atoms with Gasteiger partial charge in [-0.25, -0.2) is 17.9 Å². The molecule has 1 aliphatic rings. The topological polar surface area (TPSA) is 72.5 Å². The number of ether oxygens (including phenoxy) is 1. The van der Waals surface area contributed by atoms with Gasteiger partial charge in [0.1, 0.15) is 0 Å². The molecule has 0 spiro atoms. The third-order valence-corrected chi connectivity index (χ3v) is 5.39. The highest BCUT2D eigenvalue weighted by Crippen LogP contribution is 2.39. The third-order valence-electron chi connectivity index (χ3n) is 3.84. The van der Waals surface area contributed by atoms with Crippen LogP contribution in [-0.4, -0.2) is 26.5 Å². The van der Waals surface area contributed by atoms with Crippen molar-refractivity contribution < 1.29 is 17.9 Å². The van der Waals surface area contributed by atoms with Gasteiger partial charge in [0.05, 0.1) is 17.9 Å². The normalized spacial score (nSPS) is 15.6. The molecular weight excluding hydrogens is 302 g/mol. The molecule has 122 valence electrons. The standard InChI is InChI=1S/C16H23NO4S/c1-4-21-15(18)13-7-5-12(6-8-13)11-22(19,20)17-16(2,3)14-9-10-14/h5-8,14,17H,4,9-11H2,1-3H3. The quantitative estimate of drug-likeness (QED) is 0.782. The molecule has 0 unspecified atom stereocenters. The lowest BCUT2D eigenvalue weighted by Gasteiger charge is -2.25. The molecule has 0 aliphatic heterocycles. The molecule has 1 aromatic carbocycles. The first-order valence-electron chi connectivity index (χ1n) is 7.51. The molecule has 22 heavy (non-hydrogen) atoms. The number of sulfonamides is 1. The van der Waals surface area contributed by atoms with Crippen LogP contribution in [0.25, 0.3) is 0 Å². The van der Waals surface area contributed by atoms with Gasteiger partial charge in [-0.2, -0.15) is 0 Å². The second kappa shape index (κ2) is 6.38. The Kier molecular flexibility index (Phi) is 4.92. The Hall–Kier alpha value is -1.40. The van der Waals surface area contributed by atoms with E-state index in [4.69, 9.17) is 4.74 Å². The van der Waals surface area contributed by atoms with Gasteiger partial charge in [0.15, 0.2) is 0 Å². The molecule has 0 amide bonds. The third kappa shape index (κ3) is 4.55. The Morgan fingerprint density at radius 3 is 2.36 bits per heavy atom. The highest BCUT2D eigenvalue weighted by Gasteiger charge is 2.40. The van der Waals surface area contributed by atoms with Crippen LogP contribution in [0.2, 0.25) is 0 Å². The minimum absolute atomic E-state index is 0.0910. The second-order valence-corrected chi connectivity index (χ2v) is 8.00. The summed E-state index contributed by atoms with van der Waals surface area (Å²) < 4.78 is 32.2. The maximum Gasteiger partial charge on any atom is 0.338 e. The van der Waals surface area contributed by atoms with E-state index in [1.165, 1.54) is 0 Å². The molecule has 5 nitrogen and oxygen atoms in total. The lowest BCUT2D eigenvalue weighted by Crippen LogP contribution is -2.45. The predicted molar refractivity (Wildman–Crippen MR) is 85.0 cm³/mol. The van der Waals surface area contributed by atoms with Crippen molar-refractivity contribution in [2.24, 2.45) is 5.92 Å². The summed E-state index contributed by atoms with van der Waals surface area (Å²) in [6.07, 6.45) is 2.15. The molecule has 1 N–H and O–H groups in total. The summed E-state index contributed by atoms with van der Waals surface area (Å²) in [5, 5.41) is 0. The van der Waals surface area contributed by atoms with Crippen molar-refractivity contribution in [3.05, 3.63) is 35.4 Å². The van der Waals surface area contributed by atoms with Gasteiger partial charge in [-0.15, -0.1) is 0 Å². The Balaban J connectivity index is 2.01. The van der Waals surface area contributed by atoms with Crippen molar-refractivity contribution in [1.82, 2.24) is 4.72 Å². The summed E-state index contributed by atoms with van der Waals surface area (Å²) >= 11 is 0. The van der Waals surface area contributed by atoms with Crippen LogP contribution in [0.4, 0.5) is 0 Å². The fourth-order valence-electron chi connectivity index (χ4n) is 2.50. The van der Waals surface area contributed by atoms with Gasteiger partial charge in [-0.05, 0) is 57.2 Å². The van der Waals surface area contributed by atoms with Crippen LogP contribution in [0.3, 0.4) is 0 Å². The van der Waals surface area contributed by atoms with Crippen LogP contribution in [0.15, 0.2) is 24.3 Å². The van der Waals surface area contributed by atoms with E-state index in [0.717, 1.165) is 12.8 Å². The van der Waals surface area contributed by atoms with E-state index in [1.807, 2.05) is 13.8 Å². The van der Waals surface area contributed by atoms with Crippen molar-refractivity contribution >= 4 is 16.0 Å². The number of hydrogen-bond donors (Lipinski definition) is 1. The van der Waals surface area contributed by atoms with Gasteiger partial charge in [0.2, 0.25) is 10.0 Å². The molecule has 0 atom stereocenters. The Morgan fingerprint density at radius 2 is 1.86 bits per heavy atom. The zero-order chi connectivity index (χ0) is 16.4. The largest absolute Gasteiger partial charge is 0.462 e. The summed E-state index contributed by atoms with van der Waals surface area (Å²) in [5.74, 6) is -0.0648. The molecule has 1 aromatic rings.